The first-order valence-electron chi connectivity index (χ1n) is 5.92. The standard InChI is InChI=1S/C12H18BrN3OS/c1-12(2,7-14-3)16-6-8(15-11(16)17)9-4-5-10(13)18-9/h4-5,8,14H,6-7H2,1-3H3,(H,15,17). The van der Waals surface area contributed by atoms with Crippen LogP contribution in [0.5, 0.6) is 0 Å². The first-order chi connectivity index (χ1) is 8.44. The third kappa shape index (κ3) is 2.70. The molecule has 0 spiro atoms. The van der Waals surface area contributed by atoms with E-state index in [0.717, 1.165) is 16.9 Å². The van der Waals surface area contributed by atoms with Gasteiger partial charge >= 0.3 is 6.03 Å². The highest BCUT2D eigenvalue weighted by atomic mass is 79.9. The maximum atomic E-state index is 12.1. The average molecular weight is 332 g/mol. The van der Waals surface area contributed by atoms with E-state index in [2.05, 4.69) is 46.5 Å². The van der Waals surface area contributed by atoms with E-state index in [0.29, 0.717) is 0 Å². The van der Waals surface area contributed by atoms with Crippen molar-refractivity contribution in [2.75, 3.05) is 20.1 Å². The van der Waals surface area contributed by atoms with E-state index >= 15 is 0 Å². The molecular weight excluding hydrogens is 314 g/mol. The SMILES string of the molecule is CNCC(C)(C)N1CC(c2ccc(Br)s2)NC1=O. The minimum atomic E-state index is -0.178. The van der Waals surface area contributed by atoms with Gasteiger partial charge in [0.2, 0.25) is 0 Å². The molecule has 2 heterocycles. The van der Waals surface area contributed by atoms with Crippen LogP contribution in [0.1, 0.15) is 24.8 Å². The second kappa shape index (κ2) is 5.19. The highest BCUT2D eigenvalue weighted by Gasteiger charge is 2.39. The molecule has 2 N–H and O–H groups in total. The number of carbonyl (C=O) groups excluding carboxylic acids is 1. The summed E-state index contributed by atoms with van der Waals surface area (Å²) in [6.07, 6.45) is 0. The second-order valence-electron chi connectivity index (χ2n) is 5.10. The zero-order valence-electron chi connectivity index (χ0n) is 10.8. The van der Waals surface area contributed by atoms with Crippen LogP contribution in [0.4, 0.5) is 4.79 Å². The average Bonchev–Trinajstić information content (AvgIpc) is 2.84. The molecule has 0 bridgehead atoms. The van der Waals surface area contributed by atoms with E-state index < -0.39 is 0 Å². The number of carbonyl (C=O) groups is 1. The van der Waals surface area contributed by atoms with Crippen LogP contribution in [0, 0.1) is 0 Å². The zero-order chi connectivity index (χ0) is 13.3. The van der Waals surface area contributed by atoms with Crippen molar-refractivity contribution in [2.45, 2.75) is 25.4 Å². The third-order valence-electron chi connectivity index (χ3n) is 3.19. The van der Waals surface area contributed by atoms with Gasteiger partial charge in [-0.2, -0.15) is 0 Å². The number of likely N-dealkylation sites (N-methyl/N-ethyl adjacent to an activating group) is 1. The lowest BCUT2D eigenvalue weighted by Gasteiger charge is -2.34. The van der Waals surface area contributed by atoms with E-state index in [4.69, 9.17) is 0 Å². The molecule has 0 saturated carbocycles. The molecule has 0 radical (unpaired) electrons. The molecule has 1 fully saturated rings. The molecule has 18 heavy (non-hydrogen) atoms. The summed E-state index contributed by atoms with van der Waals surface area (Å²) >= 11 is 5.13. The fourth-order valence-electron chi connectivity index (χ4n) is 2.26. The molecule has 2 rings (SSSR count). The summed E-state index contributed by atoms with van der Waals surface area (Å²) in [6.45, 7) is 5.66. The summed E-state index contributed by atoms with van der Waals surface area (Å²) in [6, 6.07) is 4.21. The molecule has 0 aromatic carbocycles. The molecular formula is C12H18BrN3OS. The normalized spacial score (nSPS) is 20.3. The van der Waals surface area contributed by atoms with Gasteiger partial charge in [-0.1, -0.05) is 0 Å². The number of amides is 2. The van der Waals surface area contributed by atoms with E-state index in [-0.39, 0.29) is 17.6 Å². The molecule has 1 unspecified atom stereocenters. The molecule has 0 aliphatic carbocycles. The van der Waals surface area contributed by atoms with Crippen LogP contribution in [-0.4, -0.2) is 36.6 Å². The molecule has 1 aromatic heterocycles. The first kappa shape index (κ1) is 13.8. The number of urea groups is 1. The lowest BCUT2D eigenvalue weighted by molar-refractivity contribution is 0.158. The van der Waals surface area contributed by atoms with Crippen molar-refractivity contribution in [1.82, 2.24) is 15.5 Å². The van der Waals surface area contributed by atoms with Crippen LogP contribution in [0.15, 0.2) is 15.9 Å². The van der Waals surface area contributed by atoms with E-state index in [1.165, 1.54) is 4.88 Å². The van der Waals surface area contributed by atoms with Gasteiger partial charge in [0.25, 0.3) is 0 Å². The molecule has 1 aromatic rings. The Bertz CT molecular complexity index is 446. The number of hydrogen-bond donors (Lipinski definition) is 2. The Morgan fingerprint density at radius 1 is 1.61 bits per heavy atom. The number of nitrogens with zero attached hydrogens (tertiary/aromatic N) is 1. The Morgan fingerprint density at radius 3 is 2.89 bits per heavy atom. The molecule has 1 atom stereocenters. The van der Waals surface area contributed by atoms with Crippen LogP contribution >= 0.6 is 27.3 Å². The maximum absolute atomic E-state index is 12.1. The predicted octanol–water partition coefficient (Wildman–Crippen LogP) is 2.57. The highest BCUT2D eigenvalue weighted by Crippen LogP contribution is 2.32. The second-order valence-corrected chi connectivity index (χ2v) is 7.59. The van der Waals surface area contributed by atoms with Gasteiger partial charge in [0, 0.05) is 18.0 Å². The summed E-state index contributed by atoms with van der Waals surface area (Å²) in [4.78, 5) is 15.2. The van der Waals surface area contributed by atoms with Gasteiger partial charge in [-0.05, 0) is 49.0 Å². The van der Waals surface area contributed by atoms with Crippen molar-refractivity contribution >= 4 is 33.3 Å². The van der Waals surface area contributed by atoms with Crippen molar-refractivity contribution in [3.05, 3.63) is 20.8 Å². The monoisotopic (exact) mass is 331 g/mol. The minimum Gasteiger partial charge on any atom is -0.329 e. The van der Waals surface area contributed by atoms with E-state index in [1.54, 1.807) is 11.3 Å². The van der Waals surface area contributed by atoms with Gasteiger partial charge in [0.15, 0.2) is 0 Å². The molecule has 1 aliphatic rings. The van der Waals surface area contributed by atoms with Gasteiger partial charge in [-0.3, -0.25) is 0 Å². The van der Waals surface area contributed by atoms with Crippen LogP contribution in [-0.2, 0) is 0 Å². The fourth-order valence-corrected chi connectivity index (χ4v) is 3.73. The van der Waals surface area contributed by atoms with E-state index in [9.17, 15) is 4.79 Å². The van der Waals surface area contributed by atoms with Crippen molar-refractivity contribution in [2.24, 2.45) is 0 Å². The topological polar surface area (TPSA) is 44.4 Å². The van der Waals surface area contributed by atoms with Gasteiger partial charge in [-0.25, -0.2) is 4.79 Å². The number of hydrogen-bond acceptors (Lipinski definition) is 3. The fraction of sp³-hybridized carbons (Fsp3) is 0.583. The van der Waals surface area contributed by atoms with Crippen molar-refractivity contribution in [3.63, 3.8) is 0 Å². The number of thiophene rings is 1. The molecule has 1 saturated heterocycles. The van der Waals surface area contributed by atoms with Crippen molar-refractivity contribution in [1.29, 1.82) is 0 Å². The Balaban J connectivity index is 2.12. The number of halogens is 1. The van der Waals surface area contributed by atoms with Crippen LogP contribution < -0.4 is 10.6 Å². The quantitative estimate of drug-likeness (QED) is 0.890. The van der Waals surface area contributed by atoms with Crippen molar-refractivity contribution in [3.8, 4) is 0 Å². The molecule has 100 valence electrons. The van der Waals surface area contributed by atoms with E-state index in [1.807, 2.05) is 18.0 Å². The Labute approximate surface area is 120 Å². The Kier molecular flexibility index (Phi) is 3.99. The third-order valence-corrected chi connectivity index (χ3v) is 4.92. The van der Waals surface area contributed by atoms with Gasteiger partial charge in [0.1, 0.15) is 0 Å². The predicted molar refractivity (Wildman–Crippen MR) is 78.0 cm³/mol. The summed E-state index contributed by atoms with van der Waals surface area (Å²) in [5.74, 6) is 0. The summed E-state index contributed by atoms with van der Waals surface area (Å²) in [7, 11) is 1.91. The summed E-state index contributed by atoms with van der Waals surface area (Å²) in [5, 5.41) is 6.18. The minimum absolute atomic E-state index is 0.0183. The Hall–Kier alpha value is -0.590. The Morgan fingerprint density at radius 2 is 2.33 bits per heavy atom. The van der Waals surface area contributed by atoms with Gasteiger partial charge in [-0.15, -0.1) is 11.3 Å². The zero-order valence-corrected chi connectivity index (χ0v) is 13.2. The first-order valence-corrected chi connectivity index (χ1v) is 7.53. The lowest BCUT2D eigenvalue weighted by Crippen LogP contribution is -2.51. The number of rotatable bonds is 4. The summed E-state index contributed by atoms with van der Waals surface area (Å²) in [5.41, 5.74) is -0.178. The van der Waals surface area contributed by atoms with Crippen LogP contribution in [0.2, 0.25) is 0 Å². The molecule has 1 aliphatic heterocycles. The summed E-state index contributed by atoms with van der Waals surface area (Å²) < 4.78 is 1.10. The van der Waals surface area contributed by atoms with Gasteiger partial charge in [0.05, 0.1) is 15.4 Å². The van der Waals surface area contributed by atoms with Gasteiger partial charge < -0.3 is 15.5 Å². The number of nitrogens with one attached hydrogen (secondary N) is 2. The highest BCUT2D eigenvalue weighted by molar-refractivity contribution is 9.11. The largest absolute Gasteiger partial charge is 0.329 e. The smallest absolute Gasteiger partial charge is 0.318 e. The molecule has 2 amide bonds. The lowest BCUT2D eigenvalue weighted by atomic mass is 10.0. The molecule has 4 nitrogen and oxygen atoms in total. The van der Waals surface area contributed by atoms with Crippen molar-refractivity contribution < 1.29 is 4.79 Å². The van der Waals surface area contributed by atoms with Crippen LogP contribution in [0.3, 0.4) is 0 Å². The van der Waals surface area contributed by atoms with Crippen LogP contribution in [0.25, 0.3) is 0 Å². The maximum Gasteiger partial charge on any atom is 0.318 e. The molecule has 6 heteroatoms.